The van der Waals surface area contributed by atoms with E-state index in [1.807, 2.05) is 38.1 Å². The second-order valence-electron chi connectivity index (χ2n) is 6.85. The van der Waals surface area contributed by atoms with Gasteiger partial charge in [-0.05, 0) is 43.7 Å². The van der Waals surface area contributed by atoms with Crippen molar-refractivity contribution >= 4 is 43.0 Å². The van der Waals surface area contributed by atoms with Gasteiger partial charge in [-0.1, -0.05) is 58.0 Å². The van der Waals surface area contributed by atoms with Crippen molar-refractivity contribution in [1.82, 2.24) is 0 Å². The molecule has 2 aromatic rings. The topological polar surface area (TPSA) is 69.4 Å². The molecule has 7 heteroatoms. The fraction of sp³-hybridized carbons (Fsp3) is 0.350. The smallest absolute Gasteiger partial charge is 0.182 e. The van der Waals surface area contributed by atoms with Crippen LogP contribution in [0.2, 0.25) is 0 Å². The minimum absolute atomic E-state index is 0.185. The second-order valence-corrected chi connectivity index (χ2v) is 10.3. The Bertz CT molecular complexity index is 942. The normalized spacial score (nSPS) is 24.6. The molecule has 144 valence electrons. The summed E-state index contributed by atoms with van der Waals surface area (Å²) in [6.07, 6.45) is 0. The summed E-state index contributed by atoms with van der Waals surface area (Å²) in [4.78, 5) is 0.472. The van der Waals surface area contributed by atoms with Gasteiger partial charge in [-0.25, -0.2) is 8.42 Å². The van der Waals surface area contributed by atoms with Crippen LogP contribution < -0.4 is 5.73 Å². The fourth-order valence-electron chi connectivity index (χ4n) is 3.69. The van der Waals surface area contributed by atoms with Crippen molar-refractivity contribution in [3.8, 4) is 0 Å². The molecule has 0 amide bonds. The third-order valence-corrected chi connectivity index (χ3v) is 8.37. The lowest BCUT2D eigenvalue weighted by Crippen LogP contribution is -2.33. The molecule has 0 bridgehead atoms. The molecule has 0 unspecified atom stereocenters. The average molecular weight is 468 g/mol. The second kappa shape index (κ2) is 7.62. The predicted octanol–water partition coefficient (Wildman–Crippen LogP) is 4.01. The summed E-state index contributed by atoms with van der Waals surface area (Å²) in [7, 11) is -3.63. The summed E-state index contributed by atoms with van der Waals surface area (Å²) < 4.78 is 33.5. The number of hydrogen-bond donors (Lipinski definition) is 1. The number of ether oxygens (including phenoxy) is 1. The van der Waals surface area contributed by atoms with Crippen molar-refractivity contribution in [3.63, 3.8) is 0 Å². The molecule has 2 N–H and O–H groups in total. The van der Waals surface area contributed by atoms with Crippen molar-refractivity contribution in [2.24, 2.45) is 11.1 Å². The van der Waals surface area contributed by atoms with E-state index in [-0.39, 0.29) is 22.4 Å². The van der Waals surface area contributed by atoms with E-state index in [1.165, 1.54) is 0 Å². The van der Waals surface area contributed by atoms with Gasteiger partial charge in [0.2, 0.25) is 0 Å². The monoisotopic (exact) mass is 467 g/mol. The molecule has 4 nitrogen and oxygen atoms in total. The molecule has 0 aliphatic heterocycles. The van der Waals surface area contributed by atoms with Gasteiger partial charge < -0.3 is 10.5 Å². The van der Waals surface area contributed by atoms with Crippen LogP contribution in [0.4, 0.5) is 0 Å². The lowest BCUT2D eigenvalue weighted by atomic mass is 10.00. The lowest BCUT2D eigenvalue weighted by molar-refractivity contribution is 0.121. The van der Waals surface area contributed by atoms with Crippen molar-refractivity contribution in [2.45, 2.75) is 29.9 Å². The summed E-state index contributed by atoms with van der Waals surface area (Å²) in [5.74, 6) is -0.332. The Balaban J connectivity index is 2.10. The number of aryl methyl sites for hydroxylation is 1. The number of halogens is 1. The minimum Gasteiger partial charge on any atom is -0.393 e. The highest BCUT2D eigenvalue weighted by Crippen LogP contribution is 2.64. The van der Waals surface area contributed by atoms with Gasteiger partial charge in [0.15, 0.2) is 9.84 Å². The zero-order valence-electron chi connectivity index (χ0n) is 15.2. The van der Waals surface area contributed by atoms with Crippen molar-refractivity contribution < 1.29 is 13.2 Å². The number of hydrogen-bond acceptors (Lipinski definition) is 4. The number of benzene rings is 2. The van der Waals surface area contributed by atoms with Crippen LogP contribution in [0, 0.1) is 12.3 Å². The van der Waals surface area contributed by atoms with Gasteiger partial charge in [0.1, 0.15) is 0 Å². The number of thiocarbonyl (C=S) groups is 1. The van der Waals surface area contributed by atoms with Crippen LogP contribution in [0.1, 0.15) is 24.0 Å². The maximum absolute atomic E-state index is 13.5. The Morgan fingerprint density at radius 2 is 1.78 bits per heavy atom. The van der Waals surface area contributed by atoms with Crippen LogP contribution in [0.25, 0.3) is 0 Å². The Hall–Kier alpha value is -1.28. The van der Waals surface area contributed by atoms with Crippen LogP contribution in [0.15, 0.2) is 57.9 Å². The minimum atomic E-state index is -3.63. The number of sulfone groups is 1. The van der Waals surface area contributed by atoms with E-state index >= 15 is 0 Å². The molecule has 27 heavy (non-hydrogen) atoms. The molecule has 0 saturated heterocycles. The number of nitrogens with two attached hydrogens (primary N) is 1. The van der Waals surface area contributed by atoms with E-state index in [2.05, 4.69) is 15.9 Å². The Morgan fingerprint density at radius 1 is 1.19 bits per heavy atom. The van der Waals surface area contributed by atoms with E-state index in [9.17, 15) is 8.42 Å². The highest BCUT2D eigenvalue weighted by Gasteiger charge is 2.73. The SMILES string of the molecule is CCOC[C@]1(C(N)=S)[C@H](c2ccc(Br)cc2)[C@H]1S(=O)(=O)c1ccc(C)cc1. The largest absolute Gasteiger partial charge is 0.393 e. The van der Waals surface area contributed by atoms with Crippen molar-refractivity contribution in [3.05, 3.63) is 64.1 Å². The molecule has 3 rings (SSSR count). The van der Waals surface area contributed by atoms with Crippen LogP contribution in [-0.2, 0) is 14.6 Å². The third-order valence-electron chi connectivity index (χ3n) is 5.17. The first-order chi connectivity index (χ1) is 12.7. The van der Waals surface area contributed by atoms with Gasteiger partial charge >= 0.3 is 0 Å². The van der Waals surface area contributed by atoms with Gasteiger partial charge in [-0.3, -0.25) is 0 Å². The van der Waals surface area contributed by atoms with E-state index in [0.717, 1.165) is 15.6 Å². The molecule has 0 radical (unpaired) electrons. The van der Waals surface area contributed by atoms with Gasteiger partial charge in [0.25, 0.3) is 0 Å². The molecule has 0 spiro atoms. The van der Waals surface area contributed by atoms with E-state index in [0.29, 0.717) is 6.61 Å². The summed E-state index contributed by atoms with van der Waals surface area (Å²) in [5.41, 5.74) is 7.10. The molecule has 0 heterocycles. The lowest BCUT2D eigenvalue weighted by Gasteiger charge is -2.17. The van der Waals surface area contributed by atoms with Crippen LogP contribution in [0.3, 0.4) is 0 Å². The van der Waals surface area contributed by atoms with E-state index < -0.39 is 20.5 Å². The third kappa shape index (κ3) is 3.58. The average Bonchev–Trinajstić information content (AvgIpc) is 3.32. The summed E-state index contributed by atoms with van der Waals surface area (Å²) >= 11 is 8.77. The summed E-state index contributed by atoms with van der Waals surface area (Å²) in [5, 5.41) is -0.738. The fourth-order valence-corrected chi connectivity index (χ4v) is 6.72. The highest BCUT2D eigenvalue weighted by atomic mass is 79.9. The molecule has 1 fully saturated rings. The molecule has 0 aromatic heterocycles. The zero-order valence-corrected chi connectivity index (χ0v) is 18.4. The van der Waals surface area contributed by atoms with E-state index in [1.54, 1.807) is 24.3 Å². The molecule has 1 saturated carbocycles. The Kier molecular flexibility index (Phi) is 5.77. The quantitative estimate of drug-likeness (QED) is 0.622. The number of rotatable bonds is 7. The first kappa shape index (κ1) is 20.5. The van der Waals surface area contributed by atoms with Crippen LogP contribution in [0.5, 0.6) is 0 Å². The van der Waals surface area contributed by atoms with E-state index in [4.69, 9.17) is 22.7 Å². The molecular formula is C20H22BrNO3S2. The molecule has 3 atom stereocenters. The molecule has 2 aromatic carbocycles. The maximum Gasteiger partial charge on any atom is 0.182 e. The molecule has 1 aliphatic carbocycles. The highest BCUT2D eigenvalue weighted by molar-refractivity contribution is 9.10. The van der Waals surface area contributed by atoms with Gasteiger partial charge in [-0.2, -0.15) is 0 Å². The van der Waals surface area contributed by atoms with Gasteiger partial charge in [0, 0.05) is 17.0 Å². The predicted molar refractivity (Wildman–Crippen MR) is 115 cm³/mol. The van der Waals surface area contributed by atoms with Crippen LogP contribution in [-0.4, -0.2) is 31.9 Å². The van der Waals surface area contributed by atoms with Crippen molar-refractivity contribution in [1.29, 1.82) is 0 Å². The standard InChI is InChI=1S/C20H22BrNO3S2/c1-3-25-12-20(19(22)26)17(14-6-8-15(21)9-7-14)18(20)27(23,24)16-10-4-13(2)5-11-16/h4-11,17-18H,3,12H2,1-2H3,(H2,22,26)/t17-,18-,20+/m1/s1. The molecule has 1 aliphatic rings. The van der Waals surface area contributed by atoms with Crippen molar-refractivity contribution in [2.75, 3.05) is 13.2 Å². The first-order valence-corrected chi connectivity index (χ1v) is 11.4. The Labute approximate surface area is 174 Å². The molecular weight excluding hydrogens is 446 g/mol. The maximum atomic E-state index is 13.5. The van der Waals surface area contributed by atoms with Crippen LogP contribution >= 0.6 is 28.1 Å². The Morgan fingerprint density at radius 3 is 2.30 bits per heavy atom. The zero-order chi connectivity index (χ0) is 19.8. The van der Waals surface area contributed by atoms with Gasteiger partial charge in [0.05, 0.1) is 27.2 Å². The first-order valence-electron chi connectivity index (χ1n) is 8.69. The summed E-state index contributed by atoms with van der Waals surface area (Å²) in [6.45, 7) is 4.45. The van der Waals surface area contributed by atoms with Gasteiger partial charge in [-0.15, -0.1) is 0 Å². The summed E-state index contributed by atoms with van der Waals surface area (Å²) in [6, 6.07) is 14.5.